The molecule has 0 saturated heterocycles. The van der Waals surface area contributed by atoms with Gasteiger partial charge < -0.3 is 0 Å². The van der Waals surface area contributed by atoms with E-state index in [0.717, 1.165) is 17.8 Å². The molecule has 0 radical (unpaired) electrons. The molecule has 0 spiro atoms. The number of hydrogen-bond acceptors (Lipinski definition) is 0. The zero-order valence-corrected chi connectivity index (χ0v) is 10.5. The zero-order valence-electron chi connectivity index (χ0n) is 10.5. The summed E-state index contributed by atoms with van der Waals surface area (Å²) in [7, 11) is 0. The van der Waals surface area contributed by atoms with Crippen LogP contribution in [0.25, 0.3) is 0 Å². The Hall–Kier alpha value is 0. The van der Waals surface area contributed by atoms with Crippen molar-refractivity contribution < 1.29 is 0 Å². The lowest BCUT2D eigenvalue weighted by Gasteiger charge is -2.35. The Morgan fingerprint density at radius 2 is 1.20 bits per heavy atom. The molecule has 2 fully saturated rings. The number of rotatable bonds is 0. The molecule has 0 aromatic carbocycles. The quantitative estimate of drug-likeness (QED) is 0.515. The minimum absolute atomic E-state index is 1.02. The van der Waals surface area contributed by atoms with E-state index in [1.54, 1.807) is 25.7 Å². The van der Waals surface area contributed by atoms with Crippen LogP contribution in [0.4, 0.5) is 0 Å². The third-order valence-corrected chi connectivity index (χ3v) is 4.80. The molecule has 0 aliphatic heterocycles. The van der Waals surface area contributed by atoms with Gasteiger partial charge in [0.25, 0.3) is 0 Å². The second-order valence-corrected chi connectivity index (χ2v) is 6.14. The van der Waals surface area contributed by atoms with E-state index in [-0.39, 0.29) is 0 Å². The van der Waals surface area contributed by atoms with E-state index in [4.69, 9.17) is 0 Å². The molecule has 0 heterocycles. The van der Waals surface area contributed by atoms with E-state index in [9.17, 15) is 0 Å². The van der Waals surface area contributed by atoms with Gasteiger partial charge in [-0.3, -0.25) is 0 Å². The summed E-state index contributed by atoms with van der Waals surface area (Å²) in [5.41, 5.74) is 0. The number of hydrogen-bond donors (Lipinski definition) is 0. The van der Waals surface area contributed by atoms with Gasteiger partial charge in [-0.1, -0.05) is 64.7 Å². The molecule has 0 N–H and O–H groups in total. The maximum absolute atomic E-state index is 2.47. The van der Waals surface area contributed by atoms with Gasteiger partial charge in [0.05, 0.1) is 0 Å². The van der Waals surface area contributed by atoms with Crippen molar-refractivity contribution >= 4 is 0 Å². The van der Waals surface area contributed by atoms with Crippen LogP contribution in [0.15, 0.2) is 0 Å². The monoisotopic (exact) mass is 208 g/mol. The van der Waals surface area contributed by atoms with Gasteiger partial charge in [0.15, 0.2) is 0 Å². The molecule has 88 valence electrons. The van der Waals surface area contributed by atoms with Crippen LogP contribution in [0, 0.1) is 17.8 Å². The van der Waals surface area contributed by atoms with Gasteiger partial charge in [0.1, 0.15) is 0 Å². The Morgan fingerprint density at radius 1 is 0.600 bits per heavy atom. The maximum Gasteiger partial charge on any atom is -0.0383 e. The third-order valence-electron chi connectivity index (χ3n) is 4.80. The van der Waals surface area contributed by atoms with Crippen LogP contribution in [0.3, 0.4) is 0 Å². The van der Waals surface area contributed by atoms with Crippen molar-refractivity contribution in [1.29, 1.82) is 0 Å². The molecule has 2 aliphatic carbocycles. The van der Waals surface area contributed by atoms with E-state index in [1.165, 1.54) is 44.9 Å². The topological polar surface area (TPSA) is 0 Å². The lowest BCUT2D eigenvalue weighted by atomic mass is 9.70. The SMILES string of the molecule is CC1CCC2CCCCCCCCC2C1. The summed E-state index contributed by atoms with van der Waals surface area (Å²) in [5, 5.41) is 0. The van der Waals surface area contributed by atoms with Crippen molar-refractivity contribution in [2.45, 2.75) is 77.6 Å². The fourth-order valence-electron chi connectivity index (χ4n) is 3.82. The van der Waals surface area contributed by atoms with Crippen LogP contribution in [0.2, 0.25) is 0 Å². The predicted molar refractivity (Wildman–Crippen MR) is 66.9 cm³/mol. The largest absolute Gasteiger partial charge is 0.0625 e. The molecule has 0 amide bonds. The minimum Gasteiger partial charge on any atom is -0.0625 e. The first kappa shape index (κ1) is 11.5. The predicted octanol–water partition coefficient (Wildman–Crippen LogP) is 5.17. The van der Waals surface area contributed by atoms with Gasteiger partial charge in [-0.15, -0.1) is 0 Å². The van der Waals surface area contributed by atoms with Crippen LogP contribution in [-0.2, 0) is 0 Å². The van der Waals surface area contributed by atoms with Crippen LogP contribution < -0.4 is 0 Å². The summed E-state index contributed by atoms with van der Waals surface area (Å²) < 4.78 is 0. The lowest BCUT2D eigenvalue weighted by Crippen LogP contribution is -2.24. The van der Waals surface area contributed by atoms with E-state index in [0.29, 0.717) is 0 Å². The number of fused-ring (bicyclic) bond motifs is 1. The van der Waals surface area contributed by atoms with Crippen LogP contribution in [0.1, 0.15) is 77.6 Å². The Kier molecular flexibility index (Phi) is 4.53. The highest BCUT2D eigenvalue weighted by atomic mass is 14.3. The zero-order chi connectivity index (χ0) is 10.5. The summed E-state index contributed by atoms with van der Waals surface area (Å²) in [5.74, 6) is 3.24. The minimum atomic E-state index is 1.02. The summed E-state index contributed by atoms with van der Waals surface area (Å²) in [6.45, 7) is 2.47. The fraction of sp³-hybridized carbons (Fsp3) is 1.00. The molecule has 0 bridgehead atoms. The molecule has 2 saturated carbocycles. The third kappa shape index (κ3) is 3.50. The van der Waals surface area contributed by atoms with E-state index >= 15 is 0 Å². The van der Waals surface area contributed by atoms with Gasteiger partial charge >= 0.3 is 0 Å². The Balaban J connectivity index is 1.87. The second-order valence-electron chi connectivity index (χ2n) is 6.14. The fourth-order valence-corrected chi connectivity index (χ4v) is 3.82. The van der Waals surface area contributed by atoms with Gasteiger partial charge in [0, 0.05) is 0 Å². The van der Waals surface area contributed by atoms with Gasteiger partial charge in [0.2, 0.25) is 0 Å². The second kappa shape index (κ2) is 5.92. The molecule has 3 atom stereocenters. The maximum atomic E-state index is 2.47. The van der Waals surface area contributed by atoms with Crippen molar-refractivity contribution in [3.63, 3.8) is 0 Å². The first-order valence-electron chi connectivity index (χ1n) is 7.36. The highest BCUT2D eigenvalue weighted by molar-refractivity contribution is 4.79. The van der Waals surface area contributed by atoms with Gasteiger partial charge in [-0.05, 0) is 30.6 Å². The molecule has 15 heavy (non-hydrogen) atoms. The normalized spacial score (nSPS) is 39.4. The molecule has 2 aliphatic rings. The molecular formula is C15H28. The summed E-state index contributed by atoms with van der Waals surface area (Å²) in [4.78, 5) is 0. The van der Waals surface area contributed by atoms with Crippen molar-refractivity contribution in [2.24, 2.45) is 17.8 Å². The average Bonchev–Trinajstić information content (AvgIpc) is 2.25. The van der Waals surface area contributed by atoms with Crippen LogP contribution in [0.5, 0.6) is 0 Å². The van der Waals surface area contributed by atoms with Gasteiger partial charge in [-0.25, -0.2) is 0 Å². The molecule has 0 nitrogen and oxygen atoms in total. The summed E-state index contributed by atoms with van der Waals surface area (Å²) >= 11 is 0. The highest BCUT2D eigenvalue weighted by Gasteiger charge is 2.27. The molecule has 2 rings (SSSR count). The van der Waals surface area contributed by atoms with Gasteiger partial charge in [-0.2, -0.15) is 0 Å². The van der Waals surface area contributed by atoms with Crippen molar-refractivity contribution in [3.8, 4) is 0 Å². The highest BCUT2D eigenvalue weighted by Crippen LogP contribution is 2.40. The van der Waals surface area contributed by atoms with E-state index < -0.39 is 0 Å². The Morgan fingerprint density at radius 3 is 1.93 bits per heavy atom. The van der Waals surface area contributed by atoms with Crippen molar-refractivity contribution in [1.82, 2.24) is 0 Å². The van der Waals surface area contributed by atoms with Crippen LogP contribution in [-0.4, -0.2) is 0 Å². The first-order valence-corrected chi connectivity index (χ1v) is 7.36. The average molecular weight is 208 g/mol. The first-order chi connectivity index (χ1) is 7.36. The van der Waals surface area contributed by atoms with Crippen LogP contribution >= 0.6 is 0 Å². The lowest BCUT2D eigenvalue weighted by molar-refractivity contribution is 0.159. The standard InChI is InChI=1S/C15H28/c1-13-10-11-14-8-6-4-2-3-5-7-9-15(14)12-13/h13-15H,2-12H2,1H3. The van der Waals surface area contributed by atoms with Crippen molar-refractivity contribution in [2.75, 3.05) is 0 Å². The smallest absolute Gasteiger partial charge is 0.0383 e. The van der Waals surface area contributed by atoms with E-state index in [1.807, 2.05) is 0 Å². The van der Waals surface area contributed by atoms with E-state index in [2.05, 4.69) is 6.92 Å². The molecular weight excluding hydrogens is 180 g/mol. The molecule has 0 aromatic rings. The Bertz CT molecular complexity index is 173. The molecule has 0 aromatic heterocycles. The summed E-state index contributed by atoms with van der Waals surface area (Å²) in [6, 6.07) is 0. The molecule has 0 heteroatoms. The Labute approximate surface area is 95.8 Å². The van der Waals surface area contributed by atoms with Crippen molar-refractivity contribution in [3.05, 3.63) is 0 Å². The molecule has 3 unspecified atom stereocenters. The summed E-state index contributed by atoms with van der Waals surface area (Å²) in [6.07, 6.45) is 16.8.